The summed E-state index contributed by atoms with van der Waals surface area (Å²) >= 11 is 7.67. The summed E-state index contributed by atoms with van der Waals surface area (Å²) in [5.74, 6) is 0. The standard InChI is InChI=1S/C12H27Br2P/c1-4-15(14,5-2,6-3)12-10-8-7-9-11-13/h4-12H2,1-3H3. The van der Waals surface area contributed by atoms with Gasteiger partial charge in [0.1, 0.15) is 0 Å². The van der Waals surface area contributed by atoms with Gasteiger partial charge in [-0.15, -0.1) is 0 Å². The molecule has 0 radical (unpaired) electrons. The van der Waals surface area contributed by atoms with Crippen molar-refractivity contribution in [1.29, 1.82) is 0 Å². The van der Waals surface area contributed by atoms with Gasteiger partial charge in [-0.05, 0) is 0 Å². The zero-order valence-corrected chi connectivity index (χ0v) is 14.6. The SMILES string of the molecule is CCP(Br)(CC)(CC)CCCCCCBr. The van der Waals surface area contributed by atoms with Gasteiger partial charge in [0, 0.05) is 0 Å². The van der Waals surface area contributed by atoms with E-state index in [-0.39, 0.29) is 0 Å². The number of alkyl halides is 1. The van der Waals surface area contributed by atoms with Crippen molar-refractivity contribution in [1.82, 2.24) is 0 Å². The first-order valence-electron chi connectivity index (χ1n) is 6.32. The summed E-state index contributed by atoms with van der Waals surface area (Å²) in [6, 6.07) is 0. The van der Waals surface area contributed by atoms with Crippen molar-refractivity contribution in [3.05, 3.63) is 0 Å². The van der Waals surface area contributed by atoms with Crippen molar-refractivity contribution in [2.45, 2.75) is 46.5 Å². The molecule has 0 rings (SSSR count). The Morgan fingerprint density at radius 2 is 1.27 bits per heavy atom. The predicted octanol–water partition coefficient (Wildman–Crippen LogP) is 5.86. The van der Waals surface area contributed by atoms with E-state index in [1.807, 2.05) is 0 Å². The van der Waals surface area contributed by atoms with E-state index in [0.29, 0.717) is 0 Å². The second kappa shape index (κ2) is 7.67. The first-order valence-corrected chi connectivity index (χ1v) is 12.4. The normalized spacial score (nSPS) is 14.9. The second-order valence-corrected chi connectivity index (χ2v) is 17.4. The van der Waals surface area contributed by atoms with Gasteiger partial charge in [-0.2, -0.15) is 0 Å². The zero-order valence-electron chi connectivity index (χ0n) is 10.6. The van der Waals surface area contributed by atoms with Gasteiger partial charge in [0.05, 0.1) is 0 Å². The van der Waals surface area contributed by atoms with E-state index >= 15 is 0 Å². The van der Waals surface area contributed by atoms with Gasteiger partial charge < -0.3 is 0 Å². The minimum absolute atomic E-state index is 1.17. The van der Waals surface area contributed by atoms with Crippen molar-refractivity contribution in [3.63, 3.8) is 0 Å². The maximum absolute atomic E-state index is 4.18. The van der Waals surface area contributed by atoms with Crippen LogP contribution in [0.2, 0.25) is 0 Å². The van der Waals surface area contributed by atoms with Gasteiger partial charge in [0.15, 0.2) is 0 Å². The molecular formula is C12H27Br2P. The Morgan fingerprint density at radius 3 is 1.67 bits per heavy atom. The molecule has 0 aromatic rings. The van der Waals surface area contributed by atoms with E-state index in [2.05, 4.69) is 52.2 Å². The Labute approximate surface area is 113 Å². The molecule has 0 bridgehead atoms. The summed E-state index contributed by atoms with van der Waals surface area (Å²) in [5, 5.41) is -0.279. The molecule has 0 aliphatic rings. The molecule has 0 aliphatic heterocycles. The molecule has 0 unspecified atom stereocenters. The molecule has 0 N–H and O–H groups in total. The molecule has 0 amide bonds. The number of halogens is 2. The summed E-state index contributed by atoms with van der Waals surface area (Å²) in [7, 11) is 0. The van der Waals surface area contributed by atoms with Crippen molar-refractivity contribution in [2.75, 3.05) is 30.0 Å². The summed E-state index contributed by atoms with van der Waals surface area (Å²) < 4.78 is 0. The van der Waals surface area contributed by atoms with E-state index in [0.717, 1.165) is 0 Å². The van der Waals surface area contributed by atoms with Gasteiger partial charge in [0.2, 0.25) is 0 Å². The summed E-state index contributed by atoms with van der Waals surface area (Å²) in [5.41, 5.74) is 0. The molecule has 0 aliphatic carbocycles. The Balaban J connectivity index is 3.98. The molecule has 15 heavy (non-hydrogen) atoms. The van der Waals surface area contributed by atoms with Crippen LogP contribution in [0, 0.1) is 0 Å². The van der Waals surface area contributed by atoms with Gasteiger partial charge in [-0.3, -0.25) is 0 Å². The summed E-state index contributed by atoms with van der Waals surface area (Å²) in [4.78, 5) is 0. The molecule has 0 fully saturated rings. The Morgan fingerprint density at radius 1 is 0.800 bits per heavy atom. The van der Waals surface area contributed by atoms with Crippen LogP contribution >= 0.6 is 36.7 Å². The van der Waals surface area contributed by atoms with Gasteiger partial charge in [-0.1, -0.05) is 0 Å². The number of rotatable bonds is 9. The van der Waals surface area contributed by atoms with E-state index in [9.17, 15) is 0 Å². The van der Waals surface area contributed by atoms with Crippen LogP contribution in [0.15, 0.2) is 0 Å². The molecule has 0 aromatic heterocycles. The second-order valence-electron chi connectivity index (χ2n) is 4.60. The van der Waals surface area contributed by atoms with Crippen LogP contribution in [-0.4, -0.2) is 30.0 Å². The molecule has 0 heterocycles. The monoisotopic (exact) mass is 360 g/mol. The van der Waals surface area contributed by atoms with Crippen LogP contribution in [0.4, 0.5) is 0 Å². The van der Waals surface area contributed by atoms with E-state index < -0.39 is 5.31 Å². The van der Waals surface area contributed by atoms with Crippen molar-refractivity contribution in [3.8, 4) is 0 Å². The average molecular weight is 362 g/mol. The van der Waals surface area contributed by atoms with Crippen molar-refractivity contribution < 1.29 is 0 Å². The third-order valence-corrected chi connectivity index (χ3v) is 16.3. The van der Waals surface area contributed by atoms with Crippen molar-refractivity contribution in [2.24, 2.45) is 0 Å². The minimum atomic E-state index is -1.45. The average Bonchev–Trinajstić information content (AvgIpc) is 2.29. The van der Waals surface area contributed by atoms with Crippen LogP contribution in [0.25, 0.3) is 0 Å². The Kier molecular flexibility index (Phi) is 8.38. The molecular weight excluding hydrogens is 335 g/mol. The van der Waals surface area contributed by atoms with Crippen LogP contribution < -0.4 is 0 Å². The third kappa shape index (κ3) is 5.50. The molecule has 0 aromatic carbocycles. The van der Waals surface area contributed by atoms with Crippen LogP contribution in [0.3, 0.4) is 0 Å². The molecule has 3 heteroatoms. The van der Waals surface area contributed by atoms with Crippen molar-refractivity contribution >= 4 is 36.7 Å². The molecule has 0 spiro atoms. The quantitative estimate of drug-likeness (QED) is 0.274. The van der Waals surface area contributed by atoms with E-state index in [1.165, 1.54) is 55.7 Å². The Bertz CT molecular complexity index is 156. The van der Waals surface area contributed by atoms with Crippen LogP contribution in [0.5, 0.6) is 0 Å². The fourth-order valence-corrected chi connectivity index (χ4v) is 6.55. The molecule has 0 nitrogen and oxygen atoms in total. The van der Waals surface area contributed by atoms with Crippen LogP contribution in [-0.2, 0) is 0 Å². The topological polar surface area (TPSA) is 0 Å². The Hall–Kier alpha value is 1.39. The fraction of sp³-hybridized carbons (Fsp3) is 1.00. The predicted molar refractivity (Wildman–Crippen MR) is 84.6 cm³/mol. The number of hydrogen-bond acceptors (Lipinski definition) is 0. The molecule has 0 saturated heterocycles. The molecule has 94 valence electrons. The summed E-state index contributed by atoms with van der Waals surface area (Å²) in [6.45, 7) is 7.12. The van der Waals surface area contributed by atoms with E-state index in [4.69, 9.17) is 0 Å². The number of unbranched alkanes of at least 4 members (excludes halogenated alkanes) is 3. The first kappa shape index (κ1) is 16.4. The fourth-order valence-electron chi connectivity index (χ4n) is 2.10. The number of hydrogen-bond donors (Lipinski definition) is 0. The third-order valence-electron chi connectivity index (χ3n) is 3.97. The zero-order chi connectivity index (χ0) is 11.8. The van der Waals surface area contributed by atoms with Gasteiger partial charge in [0.25, 0.3) is 0 Å². The van der Waals surface area contributed by atoms with E-state index in [1.54, 1.807) is 0 Å². The maximum atomic E-state index is 4.18. The van der Waals surface area contributed by atoms with Gasteiger partial charge in [-0.25, -0.2) is 0 Å². The first-order chi connectivity index (χ1) is 7.04. The summed E-state index contributed by atoms with van der Waals surface area (Å²) in [6.07, 6.45) is 11.1. The molecule has 0 saturated carbocycles. The van der Waals surface area contributed by atoms with Gasteiger partial charge >= 0.3 is 113 Å². The van der Waals surface area contributed by atoms with Crippen LogP contribution in [0.1, 0.15) is 46.5 Å². The molecule has 0 atom stereocenters.